The standard InChI is InChI=1S/C30H33BrN4O5/c31-25-26(30(27(25)37)10-2-1-3-11-30)35-24(29(38)40-17-16-39-15-14-36)18-20-4-6-22(7-5-20)34-28-23-19-32-12-8-21(23)9-13-33-28/h4-9,12-13,19,24,35-36H,1-3,10-11,14-18H2,(H,33,34)/t24-/m0/s1. The molecular weight excluding hydrogens is 576 g/mol. The second-order valence-corrected chi connectivity index (χ2v) is 10.9. The highest BCUT2D eigenvalue weighted by Crippen LogP contribution is 2.53. The zero-order chi connectivity index (χ0) is 28.0. The Morgan fingerprint density at radius 2 is 1.82 bits per heavy atom. The molecule has 9 nitrogen and oxygen atoms in total. The first-order valence-corrected chi connectivity index (χ1v) is 14.4. The summed E-state index contributed by atoms with van der Waals surface area (Å²) < 4.78 is 11.3. The lowest BCUT2D eigenvalue weighted by Gasteiger charge is -2.46. The minimum absolute atomic E-state index is 0.0804. The fourth-order valence-electron chi connectivity index (χ4n) is 5.46. The van der Waals surface area contributed by atoms with E-state index in [4.69, 9.17) is 14.6 Å². The van der Waals surface area contributed by atoms with Crippen molar-refractivity contribution in [2.24, 2.45) is 5.41 Å². The molecule has 1 spiro atoms. The van der Waals surface area contributed by atoms with Crippen LogP contribution in [0.15, 0.2) is 65.2 Å². The average Bonchev–Trinajstić information content (AvgIpc) is 3.00. The van der Waals surface area contributed by atoms with Gasteiger partial charge in [0.25, 0.3) is 0 Å². The van der Waals surface area contributed by atoms with Gasteiger partial charge in [0.1, 0.15) is 18.5 Å². The summed E-state index contributed by atoms with van der Waals surface area (Å²) in [6.07, 6.45) is 10.3. The Kier molecular flexibility index (Phi) is 9.08. The number of allylic oxidation sites excluding steroid dienone is 2. The number of benzene rings is 1. The molecule has 5 rings (SSSR count). The van der Waals surface area contributed by atoms with Gasteiger partial charge in [-0.2, -0.15) is 0 Å². The first kappa shape index (κ1) is 28.2. The van der Waals surface area contributed by atoms with Crippen LogP contribution in [0.1, 0.15) is 37.7 Å². The molecular formula is C30H33BrN4O5. The van der Waals surface area contributed by atoms with Crippen LogP contribution < -0.4 is 10.6 Å². The van der Waals surface area contributed by atoms with Gasteiger partial charge in [0, 0.05) is 41.8 Å². The Labute approximate surface area is 241 Å². The number of aliphatic hydroxyl groups is 1. The molecule has 40 heavy (non-hydrogen) atoms. The van der Waals surface area contributed by atoms with E-state index < -0.39 is 17.4 Å². The Morgan fingerprint density at radius 3 is 2.60 bits per heavy atom. The molecule has 3 N–H and O–H groups in total. The summed E-state index contributed by atoms with van der Waals surface area (Å²) >= 11 is 3.46. The number of carbonyl (C=O) groups is 2. The van der Waals surface area contributed by atoms with Crippen LogP contribution in [0.2, 0.25) is 0 Å². The number of rotatable bonds is 12. The summed E-state index contributed by atoms with van der Waals surface area (Å²) in [6.45, 7) is 0.382. The molecule has 0 radical (unpaired) electrons. The van der Waals surface area contributed by atoms with Crippen molar-refractivity contribution in [1.82, 2.24) is 15.3 Å². The van der Waals surface area contributed by atoms with Crippen LogP contribution in [0.25, 0.3) is 10.8 Å². The number of pyridine rings is 2. The van der Waals surface area contributed by atoms with Crippen LogP contribution >= 0.6 is 15.9 Å². The van der Waals surface area contributed by atoms with E-state index >= 15 is 0 Å². The van der Waals surface area contributed by atoms with E-state index in [-0.39, 0.29) is 32.2 Å². The molecule has 0 saturated heterocycles. The second-order valence-electron chi connectivity index (χ2n) is 10.1. The number of ether oxygens (including phenoxy) is 2. The number of hydrogen-bond acceptors (Lipinski definition) is 9. The number of carbonyl (C=O) groups excluding carboxylic acids is 2. The number of anilines is 2. The maximum Gasteiger partial charge on any atom is 0.328 e. The number of Topliss-reactive ketones (excluding diaryl/α,β-unsaturated/α-hetero) is 1. The van der Waals surface area contributed by atoms with Crippen molar-refractivity contribution in [3.63, 3.8) is 0 Å². The topological polar surface area (TPSA) is 123 Å². The van der Waals surface area contributed by atoms with E-state index in [0.717, 1.165) is 59.8 Å². The minimum atomic E-state index is -0.683. The summed E-state index contributed by atoms with van der Waals surface area (Å²) in [6, 6.07) is 11.0. The minimum Gasteiger partial charge on any atom is -0.462 e. The van der Waals surface area contributed by atoms with Gasteiger partial charge in [0.2, 0.25) is 0 Å². The zero-order valence-electron chi connectivity index (χ0n) is 22.2. The molecule has 2 heterocycles. The monoisotopic (exact) mass is 608 g/mol. The van der Waals surface area contributed by atoms with Crippen molar-refractivity contribution in [1.29, 1.82) is 0 Å². The van der Waals surface area contributed by atoms with Crippen LogP contribution in [0.3, 0.4) is 0 Å². The van der Waals surface area contributed by atoms with Crippen LogP contribution in [-0.4, -0.2) is 59.3 Å². The molecule has 0 amide bonds. The molecule has 10 heteroatoms. The number of aromatic nitrogens is 2. The Morgan fingerprint density at radius 1 is 1.05 bits per heavy atom. The van der Waals surface area contributed by atoms with Crippen LogP contribution in [0.5, 0.6) is 0 Å². The summed E-state index contributed by atoms with van der Waals surface area (Å²) in [5.74, 6) is 0.418. The summed E-state index contributed by atoms with van der Waals surface area (Å²) in [7, 11) is 0. The van der Waals surface area contributed by atoms with Gasteiger partial charge in [-0.25, -0.2) is 9.78 Å². The van der Waals surface area contributed by atoms with Crippen molar-refractivity contribution >= 4 is 50.0 Å². The first-order valence-electron chi connectivity index (χ1n) is 13.6. The molecule has 1 saturated carbocycles. The summed E-state index contributed by atoms with van der Waals surface area (Å²) in [5.41, 5.74) is 2.07. The van der Waals surface area contributed by atoms with Crippen LogP contribution in [-0.2, 0) is 25.5 Å². The highest BCUT2D eigenvalue weighted by atomic mass is 79.9. The number of nitrogens with one attached hydrogen (secondary N) is 2. The van der Waals surface area contributed by atoms with Crippen molar-refractivity contribution in [3.8, 4) is 0 Å². The predicted octanol–water partition coefficient (Wildman–Crippen LogP) is 4.57. The predicted molar refractivity (Wildman–Crippen MR) is 155 cm³/mol. The maximum atomic E-state index is 13.2. The molecule has 1 atom stereocenters. The van der Waals surface area contributed by atoms with Gasteiger partial charge in [0.15, 0.2) is 5.78 Å². The average molecular weight is 610 g/mol. The van der Waals surface area contributed by atoms with E-state index in [1.165, 1.54) is 0 Å². The third kappa shape index (κ3) is 6.04. The van der Waals surface area contributed by atoms with E-state index in [1.54, 1.807) is 18.6 Å². The number of fused-ring (bicyclic) bond motifs is 1. The molecule has 0 bridgehead atoms. The van der Waals surface area contributed by atoms with Crippen LogP contribution in [0, 0.1) is 5.41 Å². The van der Waals surface area contributed by atoms with E-state index in [2.05, 4.69) is 36.5 Å². The maximum absolute atomic E-state index is 13.2. The van der Waals surface area contributed by atoms with Crippen molar-refractivity contribution < 1.29 is 24.2 Å². The number of hydrogen-bond donors (Lipinski definition) is 3. The highest BCUT2D eigenvalue weighted by molar-refractivity contribution is 9.12. The first-order chi connectivity index (χ1) is 19.5. The smallest absolute Gasteiger partial charge is 0.328 e. The molecule has 3 aromatic rings. The third-order valence-electron chi connectivity index (χ3n) is 7.57. The Bertz CT molecular complexity index is 1380. The van der Waals surface area contributed by atoms with Gasteiger partial charge in [-0.1, -0.05) is 31.4 Å². The number of aliphatic hydroxyl groups excluding tert-OH is 1. The largest absolute Gasteiger partial charge is 0.462 e. The molecule has 2 aromatic heterocycles. The fourth-order valence-corrected chi connectivity index (χ4v) is 6.33. The number of ketones is 1. The van der Waals surface area contributed by atoms with Crippen LogP contribution in [0.4, 0.5) is 11.5 Å². The number of nitrogens with zero attached hydrogens (tertiary/aromatic N) is 2. The lowest BCUT2D eigenvalue weighted by molar-refractivity contribution is -0.148. The molecule has 0 aliphatic heterocycles. The van der Waals surface area contributed by atoms with Gasteiger partial charge >= 0.3 is 5.97 Å². The van der Waals surface area contributed by atoms with Gasteiger partial charge in [-0.05, 0) is 64.0 Å². The lowest BCUT2D eigenvalue weighted by atomic mass is 9.62. The molecule has 2 aliphatic carbocycles. The number of esters is 1. The van der Waals surface area contributed by atoms with E-state index in [0.29, 0.717) is 16.7 Å². The zero-order valence-corrected chi connectivity index (χ0v) is 23.8. The van der Waals surface area contributed by atoms with Crippen molar-refractivity contribution in [2.75, 3.05) is 31.7 Å². The van der Waals surface area contributed by atoms with Crippen molar-refractivity contribution in [2.45, 2.75) is 44.6 Å². The summed E-state index contributed by atoms with van der Waals surface area (Å²) in [5, 5.41) is 17.6. The molecule has 1 fully saturated rings. The van der Waals surface area contributed by atoms with Gasteiger partial charge in [0.05, 0.1) is 29.7 Å². The number of halogens is 1. The Hall–Kier alpha value is -3.34. The van der Waals surface area contributed by atoms with E-state index in [9.17, 15) is 9.59 Å². The summed E-state index contributed by atoms with van der Waals surface area (Å²) in [4.78, 5) is 34.8. The molecule has 1 aromatic carbocycles. The van der Waals surface area contributed by atoms with Gasteiger partial charge in [-0.3, -0.25) is 9.78 Å². The molecule has 0 unspecified atom stereocenters. The SMILES string of the molecule is O=C(OCCOCCO)[C@H](Cc1ccc(Nc2nccc3ccncc23)cc1)NC1=C(Br)C(=O)C12CCCCC2. The van der Waals surface area contributed by atoms with E-state index in [1.807, 2.05) is 36.4 Å². The quantitative estimate of drug-likeness (QED) is 0.200. The van der Waals surface area contributed by atoms with Gasteiger partial charge in [-0.15, -0.1) is 0 Å². The Balaban J connectivity index is 1.30. The lowest BCUT2D eigenvalue weighted by Crippen LogP contribution is -2.53. The van der Waals surface area contributed by atoms with Gasteiger partial charge < -0.3 is 25.2 Å². The second kappa shape index (κ2) is 12.9. The molecule has 210 valence electrons. The molecule has 2 aliphatic rings. The van der Waals surface area contributed by atoms with Crippen molar-refractivity contribution in [3.05, 3.63) is 70.7 Å². The normalized spacial score (nSPS) is 17.0. The fraction of sp³-hybridized carbons (Fsp3) is 0.400. The highest BCUT2D eigenvalue weighted by Gasteiger charge is 2.53. The third-order valence-corrected chi connectivity index (χ3v) is 8.33.